The van der Waals surface area contributed by atoms with Crippen LogP contribution in [0.5, 0.6) is 11.5 Å². The van der Waals surface area contributed by atoms with Gasteiger partial charge in [-0.05, 0) is 73.9 Å². The molecule has 0 radical (unpaired) electrons. The third-order valence-electron chi connectivity index (χ3n) is 5.34. The highest BCUT2D eigenvalue weighted by atomic mass is 32.1. The minimum atomic E-state index is 0.301. The van der Waals surface area contributed by atoms with E-state index in [0.717, 1.165) is 50.5 Å². The van der Waals surface area contributed by atoms with Gasteiger partial charge in [0.05, 0.1) is 5.69 Å². The monoisotopic (exact) mass is 446 g/mol. The first-order valence-corrected chi connectivity index (χ1v) is 12.4. The molecule has 1 aliphatic heterocycles. The van der Waals surface area contributed by atoms with Crippen molar-refractivity contribution < 1.29 is 10.2 Å². The second-order valence-electron chi connectivity index (χ2n) is 7.59. The molecule has 3 N–H and O–H groups in total. The van der Waals surface area contributed by atoms with E-state index in [1.54, 1.807) is 12.1 Å². The second kappa shape index (κ2) is 16.8. The number of rotatable bonds is 8. The number of hydrogen-bond acceptors (Lipinski definition) is 5. The summed E-state index contributed by atoms with van der Waals surface area (Å²) in [5.41, 5.74) is 2.04. The van der Waals surface area contributed by atoms with Gasteiger partial charge in [0.1, 0.15) is 11.5 Å². The molecule has 1 heterocycles. The van der Waals surface area contributed by atoms with Gasteiger partial charge in [-0.3, -0.25) is 0 Å². The van der Waals surface area contributed by atoms with E-state index in [0.29, 0.717) is 17.4 Å². The van der Waals surface area contributed by atoms with Gasteiger partial charge in [-0.2, -0.15) is 12.6 Å². The summed E-state index contributed by atoms with van der Waals surface area (Å²) in [4.78, 5) is 2.45. The fourth-order valence-corrected chi connectivity index (χ4v) is 3.83. The number of benzene rings is 2. The summed E-state index contributed by atoms with van der Waals surface area (Å²) in [6.07, 6.45) is 6.17. The summed E-state index contributed by atoms with van der Waals surface area (Å²) in [5, 5.41) is 22.6. The molecule has 0 spiro atoms. The predicted molar refractivity (Wildman–Crippen MR) is 138 cm³/mol. The first-order valence-electron chi connectivity index (χ1n) is 11.8. The number of thiol groups is 1. The number of aromatic hydroxyl groups is 2. The fraction of sp³-hybridized carbons (Fsp3) is 0.538. The van der Waals surface area contributed by atoms with Crippen molar-refractivity contribution in [2.75, 3.05) is 37.2 Å². The van der Waals surface area contributed by atoms with Crippen LogP contribution in [0.4, 0.5) is 5.69 Å². The second-order valence-corrected chi connectivity index (χ2v) is 8.03. The zero-order valence-corrected chi connectivity index (χ0v) is 20.5. The van der Waals surface area contributed by atoms with Crippen molar-refractivity contribution in [1.82, 2.24) is 4.90 Å². The molecule has 0 amide bonds. The summed E-state index contributed by atoms with van der Waals surface area (Å²) in [5.74, 6) is 2.25. The molecule has 1 aliphatic rings. The standard InChI is InChI=1S/C19H24N2O2.C5H12S.C2H6/c22-17-5-3-4-16(14-17)15-8-11-21(12-9-15)13-10-20-18-6-1-2-7-19(18)23;1-2-3-4-5-6;1-2/h1-7,14-15,20,22-23H,8-13H2;6H,2-5H2,1H3;1-2H3. The summed E-state index contributed by atoms with van der Waals surface area (Å²) < 4.78 is 0. The number of anilines is 1. The number of nitrogens with one attached hydrogen (secondary N) is 1. The predicted octanol–water partition coefficient (Wildman–Crippen LogP) is 6.52. The number of para-hydroxylation sites is 2. The van der Waals surface area contributed by atoms with E-state index in [2.05, 4.69) is 35.8 Å². The van der Waals surface area contributed by atoms with Crippen LogP contribution in [0.15, 0.2) is 48.5 Å². The molecule has 0 saturated carbocycles. The number of phenolic OH excluding ortho intramolecular Hbond substituents is 2. The van der Waals surface area contributed by atoms with Crippen LogP contribution in [0.2, 0.25) is 0 Å². The van der Waals surface area contributed by atoms with E-state index in [-0.39, 0.29) is 0 Å². The van der Waals surface area contributed by atoms with Gasteiger partial charge >= 0.3 is 0 Å². The number of hydrogen-bond donors (Lipinski definition) is 4. The van der Waals surface area contributed by atoms with Gasteiger partial charge in [0.2, 0.25) is 0 Å². The highest BCUT2D eigenvalue weighted by Gasteiger charge is 2.20. The molecule has 4 nitrogen and oxygen atoms in total. The molecule has 5 heteroatoms. The number of nitrogens with zero attached hydrogens (tertiary/aromatic N) is 1. The zero-order chi connectivity index (χ0) is 22.9. The maximum absolute atomic E-state index is 9.73. The molecule has 2 aromatic rings. The van der Waals surface area contributed by atoms with Crippen molar-refractivity contribution in [3.05, 3.63) is 54.1 Å². The first-order chi connectivity index (χ1) is 15.1. The number of likely N-dealkylation sites (tertiary alicyclic amines) is 1. The van der Waals surface area contributed by atoms with Gasteiger partial charge in [-0.15, -0.1) is 0 Å². The lowest BCUT2D eigenvalue weighted by Gasteiger charge is -2.32. The number of piperidine rings is 1. The van der Waals surface area contributed by atoms with Crippen molar-refractivity contribution in [1.29, 1.82) is 0 Å². The molecular weight excluding hydrogens is 404 g/mol. The maximum atomic E-state index is 9.73. The Labute approximate surface area is 195 Å². The Morgan fingerprint density at radius 2 is 1.71 bits per heavy atom. The van der Waals surface area contributed by atoms with Crippen molar-refractivity contribution in [2.45, 2.75) is 58.8 Å². The Balaban J connectivity index is 0.000000521. The highest BCUT2D eigenvalue weighted by molar-refractivity contribution is 7.80. The van der Waals surface area contributed by atoms with E-state index in [1.165, 1.54) is 24.8 Å². The molecule has 3 rings (SSSR count). The largest absolute Gasteiger partial charge is 0.508 e. The van der Waals surface area contributed by atoms with Gasteiger partial charge < -0.3 is 20.4 Å². The molecule has 0 unspecified atom stereocenters. The van der Waals surface area contributed by atoms with Gasteiger partial charge in [-0.25, -0.2) is 0 Å². The molecule has 0 aromatic heterocycles. The van der Waals surface area contributed by atoms with Gasteiger partial charge in [0, 0.05) is 13.1 Å². The summed E-state index contributed by atoms with van der Waals surface area (Å²) >= 11 is 4.05. The van der Waals surface area contributed by atoms with Gasteiger partial charge in [0.25, 0.3) is 0 Å². The van der Waals surface area contributed by atoms with E-state index in [1.807, 2.05) is 44.2 Å². The summed E-state index contributed by atoms with van der Waals surface area (Å²) in [6, 6.07) is 15.0. The lowest BCUT2D eigenvalue weighted by Crippen LogP contribution is -2.36. The molecule has 0 bridgehead atoms. The lowest BCUT2D eigenvalue weighted by atomic mass is 9.89. The molecular formula is C26H42N2O2S. The fourth-order valence-electron chi connectivity index (χ4n) is 3.60. The van der Waals surface area contributed by atoms with E-state index in [4.69, 9.17) is 0 Å². The summed E-state index contributed by atoms with van der Waals surface area (Å²) in [7, 11) is 0. The van der Waals surface area contributed by atoms with Crippen LogP contribution in [-0.2, 0) is 0 Å². The Kier molecular flexibility index (Phi) is 14.7. The van der Waals surface area contributed by atoms with Crippen LogP contribution in [0.3, 0.4) is 0 Å². The maximum Gasteiger partial charge on any atom is 0.138 e. The minimum absolute atomic E-state index is 0.301. The summed E-state index contributed by atoms with van der Waals surface area (Å²) in [6.45, 7) is 10.1. The number of phenols is 2. The third-order valence-corrected chi connectivity index (χ3v) is 5.65. The van der Waals surface area contributed by atoms with E-state index >= 15 is 0 Å². The molecule has 0 atom stereocenters. The Morgan fingerprint density at radius 3 is 2.29 bits per heavy atom. The third kappa shape index (κ3) is 10.8. The molecule has 31 heavy (non-hydrogen) atoms. The molecule has 2 aromatic carbocycles. The SMILES string of the molecule is CC.CCCCCS.Oc1cccc(C2CCN(CCNc3ccccc3O)CC2)c1. The Hall–Kier alpha value is -1.85. The van der Waals surface area contributed by atoms with Crippen LogP contribution in [0, 0.1) is 0 Å². The smallest absolute Gasteiger partial charge is 0.138 e. The zero-order valence-electron chi connectivity index (χ0n) is 19.6. The van der Waals surface area contributed by atoms with Crippen LogP contribution >= 0.6 is 12.6 Å². The van der Waals surface area contributed by atoms with Crippen molar-refractivity contribution in [3.63, 3.8) is 0 Å². The van der Waals surface area contributed by atoms with Crippen molar-refractivity contribution in [2.24, 2.45) is 0 Å². The van der Waals surface area contributed by atoms with Gasteiger partial charge in [-0.1, -0.05) is 57.9 Å². The highest BCUT2D eigenvalue weighted by Crippen LogP contribution is 2.29. The number of unbranched alkanes of at least 4 members (excludes halogenated alkanes) is 2. The van der Waals surface area contributed by atoms with E-state index in [9.17, 15) is 10.2 Å². The average Bonchev–Trinajstić information content (AvgIpc) is 2.81. The minimum Gasteiger partial charge on any atom is -0.508 e. The first kappa shape index (κ1) is 27.2. The topological polar surface area (TPSA) is 55.7 Å². The average molecular weight is 447 g/mol. The molecule has 1 saturated heterocycles. The lowest BCUT2D eigenvalue weighted by molar-refractivity contribution is 0.219. The molecule has 1 fully saturated rings. The van der Waals surface area contributed by atoms with Crippen LogP contribution < -0.4 is 5.32 Å². The van der Waals surface area contributed by atoms with Crippen LogP contribution in [-0.4, -0.2) is 47.0 Å². The Morgan fingerprint density at radius 1 is 1.00 bits per heavy atom. The van der Waals surface area contributed by atoms with Crippen molar-refractivity contribution in [3.8, 4) is 11.5 Å². The van der Waals surface area contributed by atoms with Crippen molar-refractivity contribution >= 4 is 18.3 Å². The van der Waals surface area contributed by atoms with E-state index < -0.39 is 0 Å². The molecule has 174 valence electrons. The van der Waals surface area contributed by atoms with Crippen LogP contribution in [0.25, 0.3) is 0 Å². The van der Waals surface area contributed by atoms with Gasteiger partial charge in [0.15, 0.2) is 0 Å². The molecule has 0 aliphatic carbocycles. The quantitative estimate of drug-likeness (QED) is 0.212. The normalized spacial score (nSPS) is 14.1. The Bertz CT molecular complexity index is 699. The van der Waals surface area contributed by atoms with Crippen LogP contribution in [0.1, 0.15) is 64.4 Å².